The number of rotatable bonds is 12. The molecule has 0 aromatic heterocycles. The largest absolute Gasteiger partial charge is 2.00 e. The molecular weight excluding hydrogens is 312 g/mol. The number of hydrogen-bond acceptors (Lipinski definition) is 4. The van der Waals surface area contributed by atoms with E-state index in [9.17, 15) is 19.8 Å². The van der Waals surface area contributed by atoms with Crippen LogP contribution in [0.25, 0.3) is 0 Å². The van der Waals surface area contributed by atoms with Crippen molar-refractivity contribution in [3.63, 3.8) is 0 Å². The van der Waals surface area contributed by atoms with Gasteiger partial charge in [0.25, 0.3) is 0 Å². The number of carbonyl (C=O) groups excluding carboxylic acids is 2. The molecule has 0 saturated heterocycles. The normalized spacial score (nSPS) is 8.43. The summed E-state index contributed by atoms with van der Waals surface area (Å²) >= 11 is 0. The molecule has 0 aliphatic heterocycles. The Hall–Kier alpha value is -0.374. The van der Waals surface area contributed by atoms with Crippen molar-refractivity contribution in [2.75, 3.05) is 0 Å². The summed E-state index contributed by atoms with van der Waals surface area (Å²) in [6.07, 6.45) is 11.2. The van der Waals surface area contributed by atoms with Gasteiger partial charge in [-0.15, -0.1) is 0 Å². The molecule has 23 heavy (non-hydrogen) atoms. The van der Waals surface area contributed by atoms with Crippen LogP contribution in [0.2, 0.25) is 0 Å². The molecule has 4 N–H and O–H groups in total. The molecule has 0 aromatic rings. The molecule has 0 radical (unpaired) electrons. The van der Waals surface area contributed by atoms with E-state index in [0.717, 1.165) is 38.5 Å². The molecule has 0 bridgehead atoms. The fourth-order valence-corrected chi connectivity index (χ4v) is 1.75. The standard InChI is InChI=1S/2C8H16O2.Mg.2H2O/c2*1-2-3-4-5-6-7-8(9)10;;;/h2*2-7H2,1H3,(H,9,10);;2*1H2/q;;+2;;/p-2. The molecule has 0 atom stereocenters. The van der Waals surface area contributed by atoms with Crippen molar-refractivity contribution in [3.05, 3.63) is 0 Å². The second kappa shape index (κ2) is 29.6. The first-order chi connectivity index (χ1) is 9.54. The SMILES string of the molecule is CCCCCCCC(=O)[O-].CCCCCCCC(=O)[O-].O.O.[Mg+2]. The summed E-state index contributed by atoms with van der Waals surface area (Å²) in [5, 5.41) is 19.8. The predicted molar refractivity (Wildman–Crippen MR) is 89.7 cm³/mol. The average molecular weight is 347 g/mol. The molecule has 0 amide bonds. The molecule has 6 nitrogen and oxygen atoms in total. The summed E-state index contributed by atoms with van der Waals surface area (Å²) in [5.74, 6) is -1.84. The summed E-state index contributed by atoms with van der Waals surface area (Å²) in [6.45, 7) is 4.28. The minimum absolute atomic E-state index is 0. The molecule has 0 aliphatic carbocycles. The van der Waals surface area contributed by atoms with Crippen LogP contribution in [0.4, 0.5) is 0 Å². The molecule has 7 heteroatoms. The van der Waals surface area contributed by atoms with Crippen molar-refractivity contribution in [2.24, 2.45) is 0 Å². The number of carboxylic acids is 2. The van der Waals surface area contributed by atoms with E-state index in [-0.39, 0.29) is 46.8 Å². The molecule has 0 heterocycles. The minimum atomic E-state index is -0.920. The summed E-state index contributed by atoms with van der Waals surface area (Å²) in [4.78, 5) is 19.8. The Morgan fingerprint density at radius 1 is 0.609 bits per heavy atom. The molecule has 0 aromatic carbocycles. The Kier molecular flexibility index (Phi) is 43.9. The van der Waals surface area contributed by atoms with Gasteiger partial charge in [0.05, 0.1) is 0 Å². The maximum atomic E-state index is 9.92. The minimum Gasteiger partial charge on any atom is -0.550 e. The van der Waals surface area contributed by atoms with Crippen LogP contribution in [0, 0.1) is 0 Å². The quantitative estimate of drug-likeness (QED) is 0.366. The van der Waals surface area contributed by atoms with Crippen LogP contribution >= 0.6 is 0 Å². The van der Waals surface area contributed by atoms with E-state index in [1.807, 2.05) is 0 Å². The average Bonchev–Trinajstić information content (AvgIpc) is 2.38. The third-order valence-electron chi connectivity index (χ3n) is 2.97. The number of aliphatic carboxylic acids is 2. The first-order valence-electron chi connectivity index (χ1n) is 7.94. The molecule has 0 rings (SSSR count). The van der Waals surface area contributed by atoms with Crippen LogP contribution in [0.1, 0.15) is 90.9 Å². The number of carbonyl (C=O) groups is 2. The first-order valence-corrected chi connectivity index (χ1v) is 7.94. The topological polar surface area (TPSA) is 143 Å². The van der Waals surface area contributed by atoms with Gasteiger partial charge in [0.1, 0.15) is 0 Å². The Balaban J connectivity index is -0.0000000831. The summed E-state index contributed by atoms with van der Waals surface area (Å²) < 4.78 is 0. The molecule has 0 saturated carbocycles. The Morgan fingerprint density at radius 3 is 1.09 bits per heavy atom. The van der Waals surface area contributed by atoms with Crippen LogP contribution < -0.4 is 10.2 Å². The Morgan fingerprint density at radius 2 is 0.870 bits per heavy atom. The summed E-state index contributed by atoms with van der Waals surface area (Å²) in [6, 6.07) is 0. The third-order valence-corrected chi connectivity index (χ3v) is 2.97. The maximum absolute atomic E-state index is 9.92. The van der Waals surface area contributed by atoms with Gasteiger partial charge in [0, 0.05) is 11.9 Å². The van der Waals surface area contributed by atoms with Crippen molar-refractivity contribution in [3.8, 4) is 0 Å². The maximum Gasteiger partial charge on any atom is 2.00 e. The Labute approximate surface area is 156 Å². The van der Waals surface area contributed by atoms with Gasteiger partial charge in [-0.3, -0.25) is 0 Å². The van der Waals surface area contributed by atoms with E-state index < -0.39 is 11.9 Å². The van der Waals surface area contributed by atoms with E-state index in [1.54, 1.807) is 0 Å². The molecule has 136 valence electrons. The smallest absolute Gasteiger partial charge is 0.550 e. The third kappa shape index (κ3) is 44.9. The van der Waals surface area contributed by atoms with E-state index in [1.165, 1.54) is 25.7 Å². The second-order valence-corrected chi connectivity index (χ2v) is 5.07. The fourth-order valence-electron chi connectivity index (χ4n) is 1.75. The molecule has 0 aliphatic rings. The molecular formula is C16H34MgO6. The van der Waals surface area contributed by atoms with E-state index in [0.29, 0.717) is 0 Å². The molecule has 0 fully saturated rings. The van der Waals surface area contributed by atoms with Crippen LogP contribution in [0.15, 0.2) is 0 Å². The van der Waals surface area contributed by atoms with Gasteiger partial charge >= 0.3 is 23.1 Å². The van der Waals surface area contributed by atoms with Gasteiger partial charge < -0.3 is 30.8 Å². The van der Waals surface area contributed by atoms with Gasteiger partial charge in [0.15, 0.2) is 0 Å². The van der Waals surface area contributed by atoms with E-state index in [2.05, 4.69) is 13.8 Å². The summed E-state index contributed by atoms with van der Waals surface area (Å²) in [5.41, 5.74) is 0. The number of hydrogen-bond donors (Lipinski definition) is 0. The zero-order valence-electron chi connectivity index (χ0n) is 14.8. The van der Waals surface area contributed by atoms with Crippen molar-refractivity contribution in [1.29, 1.82) is 0 Å². The Bertz CT molecular complexity index is 213. The van der Waals surface area contributed by atoms with Gasteiger partial charge in [-0.25, -0.2) is 0 Å². The van der Waals surface area contributed by atoms with Gasteiger partial charge in [0.2, 0.25) is 0 Å². The molecule has 0 spiro atoms. The molecule has 0 unspecified atom stereocenters. The number of unbranched alkanes of at least 4 members (excludes halogenated alkanes) is 8. The zero-order valence-corrected chi connectivity index (χ0v) is 16.2. The van der Waals surface area contributed by atoms with Crippen molar-refractivity contribution in [2.45, 2.75) is 90.9 Å². The predicted octanol–water partition coefficient (Wildman–Crippen LogP) is 0.163. The van der Waals surface area contributed by atoms with E-state index in [4.69, 9.17) is 0 Å². The van der Waals surface area contributed by atoms with Crippen LogP contribution in [0.5, 0.6) is 0 Å². The van der Waals surface area contributed by atoms with Crippen LogP contribution in [-0.2, 0) is 9.59 Å². The van der Waals surface area contributed by atoms with Crippen molar-refractivity contribution in [1.82, 2.24) is 0 Å². The van der Waals surface area contributed by atoms with Crippen molar-refractivity contribution < 1.29 is 30.8 Å². The van der Waals surface area contributed by atoms with Crippen LogP contribution in [-0.4, -0.2) is 45.9 Å². The fraction of sp³-hybridized carbons (Fsp3) is 0.875. The second-order valence-electron chi connectivity index (χ2n) is 5.07. The first kappa shape index (κ1) is 34.1. The van der Waals surface area contributed by atoms with Crippen LogP contribution in [0.3, 0.4) is 0 Å². The van der Waals surface area contributed by atoms with Gasteiger partial charge in [-0.2, -0.15) is 0 Å². The van der Waals surface area contributed by atoms with E-state index >= 15 is 0 Å². The van der Waals surface area contributed by atoms with Crippen molar-refractivity contribution >= 4 is 35.0 Å². The van der Waals surface area contributed by atoms with Gasteiger partial charge in [-0.05, 0) is 25.7 Å². The summed E-state index contributed by atoms with van der Waals surface area (Å²) in [7, 11) is 0. The monoisotopic (exact) mass is 346 g/mol. The zero-order chi connectivity index (χ0) is 15.6. The van der Waals surface area contributed by atoms with Gasteiger partial charge in [-0.1, -0.05) is 65.2 Å². The number of carboxylic acid groups (broad SMARTS) is 2.